The summed E-state index contributed by atoms with van der Waals surface area (Å²) in [5.41, 5.74) is 0.958. The minimum absolute atomic E-state index is 0.159. The average molecular weight is 470 g/mol. The van der Waals surface area contributed by atoms with E-state index in [1.807, 2.05) is 13.8 Å². The Bertz CT molecular complexity index is 1570. The van der Waals surface area contributed by atoms with Crippen molar-refractivity contribution in [3.8, 4) is 0 Å². The summed E-state index contributed by atoms with van der Waals surface area (Å²) >= 11 is 0. The highest BCUT2D eigenvalue weighted by molar-refractivity contribution is 6.09. The van der Waals surface area contributed by atoms with Gasteiger partial charge in [-0.25, -0.2) is 4.98 Å². The molecule has 0 saturated carbocycles. The number of hydrogen-bond acceptors (Lipinski definition) is 6. The lowest BCUT2D eigenvalue weighted by Gasteiger charge is -2.36. The molecule has 0 unspecified atom stereocenters. The van der Waals surface area contributed by atoms with Crippen molar-refractivity contribution in [1.82, 2.24) is 20.2 Å². The number of rotatable bonds is 2. The summed E-state index contributed by atoms with van der Waals surface area (Å²) in [6.07, 6.45) is -1.02. The lowest BCUT2D eigenvalue weighted by atomic mass is 9.85. The summed E-state index contributed by atoms with van der Waals surface area (Å²) in [7, 11) is 0. The first-order chi connectivity index (χ1) is 16.7. The fraction of sp³-hybridized carbons (Fsp3) is 0.231. The number of fused-ring (bicyclic) bond motifs is 5. The van der Waals surface area contributed by atoms with Gasteiger partial charge in [0.1, 0.15) is 17.8 Å². The number of allylic oxidation sites excluding steroid dienone is 1. The molecule has 4 heterocycles. The van der Waals surface area contributed by atoms with E-state index < -0.39 is 23.7 Å². The van der Waals surface area contributed by atoms with Crippen molar-refractivity contribution in [2.24, 2.45) is 0 Å². The number of hydrogen-bond donors (Lipinski definition) is 3. The molecular formula is C26H23N5O4. The van der Waals surface area contributed by atoms with Crippen LogP contribution >= 0.6 is 0 Å². The van der Waals surface area contributed by atoms with Gasteiger partial charge in [0.25, 0.3) is 11.5 Å². The number of para-hydroxylation sites is 2. The maximum absolute atomic E-state index is 13.7. The Balaban J connectivity index is 1.56. The maximum atomic E-state index is 13.7. The normalized spacial score (nSPS) is 24.7. The smallest absolute Gasteiger partial charge is 0.275 e. The molecule has 3 aromatic rings. The molecule has 1 aromatic heterocycles. The lowest BCUT2D eigenvalue weighted by molar-refractivity contribution is -0.126. The average Bonchev–Trinajstić information content (AvgIpc) is 3.27. The van der Waals surface area contributed by atoms with Crippen LogP contribution in [0.25, 0.3) is 16.6 Å². The Morgan fingerprint density at radius 2 is 1.83 bits per heavy atom. The quantitative estimate of drug-likeness (QED) is 0.494. The van der Waals surface area contributed by atoms with Crippen molar-refractivity contribution in [2.45, 2.75) is 38.1 Å². The third kappa shape index (κ3) is 2.78. The van der Waals surface area contributed by atoms with Crippen LogP contribution in [0, 0.1) is 0 Å². The van der Waals surface area contributed by atoms with Gasteiger partial charge in [0, 0.05) is 12.0 Å². The third-order valence-electron chi connectivity index (χ3n) is 7.03. The predicted octanol–water partition coefficient (Wildman–Crippen LogP) is 1.89. The van der Waals surface area contributed by atoms with E-state index in [1.54, 1.807) is 48.5 Å². The minimum Gasteiger partial charge on any atom is -0.381 e. The van der Waals surface area contributed by atoms with E-state index in [0.717, 1.165) is 5.57 Å². The van der Waals surface area contributed by atoms with Gasteiger partial charge in [-0.1, -0.05) is 36.9 Å². The van der Waals surface area contributed by atoms with Crippen LogP contribution in [-0.2, 0) is 15.2 Å². The summed E-state index contributed by atoms with van der Waals surface area (Å²) in [6.45, 7) is 7.43. The van der Waals surface area contributed by atoms with Gasteiger partial charge >= 0.3 is 0 Å². The highest BCUT2D eigenvalue weighted by Gasteiger charge is 2.58. The fourth-order valence-electron chi connectivity index (χ4n) is 5.37. The second-order valence-electron chi connectivity index (χ2n) is 9.35. The van der Waals surface area contributed by atoms with Crippen LogP contribution in [0.5, 0.6) is 0 Å². The summed E-state index contributed by atoms with van der Waals surface area (Å²) < 4.78 is 1.37. The Kier molecular flexibility index (Phi) is 4.34. The van der Waals surface area contributed by atoms with E-state index in [0.29, 0.717) is 33.7 Å². The van der Waals surface area contributed by atoms with Gasteiger partial charge in [0.05, 0.1) is 28.0 Å². The Morgan fingerprint density at radius 3 is 2.60 bits per heavy atom. The zero-order valence-corrected chi connectivity index (χ0v) is 19.2. The fourth-order valence-corrected chi connectivity index (χ4v) is 5.37. The van der Waals surface area contributed by atoms with Crippen molar-refractivity contribution in [1.29, 1.82) is 0 Å². The van der Waals surface area contributed by atoms with Gasteiger partial charge < -0.3 is 15.7 Å². The number of carbonyl (C=O) groups excluding carboxylic acids is 2. The van der Waals surface area contributed by atoms with E-state index in [9.17, 15) is 19.5 Å². The molecule has 3 aliphatic rings. The second-order valence-corrected chi connectivity index (χ2v) is 9.35. The molecule has 0 radical (unpaired) electrons. The Hall–Kier alpha value is -4.24. The summed E-state index contributed by atoms with van der Waals surface area (Å²) in [4.78, 5) is 46.1. The number of aliphatic hydroxyl groups is 1. The molecule has 176 valence electrons. The molecule has 3 aliphatic heterocycles. The minimum atomic E-state index is -1.67. The summed E-state index contributed by atoms with van der Waals surface area (Å²) in [5.74, 6) is -0.436. The van der Waals surface area contributed by atoms with Gasteiger partial charge in [0.2, 0.25) is 5.91 Å². The molecule has 6 rings (SSSR count). The maximum Gasteiger partial charge on any atom is 0.275 e. The van der Waals surface area contributed by atoms with Gasteiger partial charge in [0.15, 0.2) is 5.82 Å². The summed E-state index contributed by atoms with van der Waals surface area (Å²) in [5, 5.41) is 18.4. The van der Waals surface area contributed by atoms with Gasteiger partial charge in [-0.3, -0.25) is 23.9 Å². The van der Waals surface area contributed by atoms with Gasteiger partial charge in [-0.15, -0.1) is 0 Å². The topological polar surface area (TPSA) is 117 Å². The van der Waals surface area contributed by atoms with Crippen LogP contribution in [0.2, 0.25) is 0 Å². The van der Waals surface area contributed by atoms with Crippen LogP contribution in [0.1, 0.15) is 37.7 Å². The van der Waals surface area contributed by atoms with Gasteiger partial charge in [-0.2, -0.15) is 0 Å². The molecule has 35 heavy (non-hydrogen) atoms. The van der Waals surface area contributed by atoms with Crippen LogP contribution in [-0.4, -0.2) is 32.6 Å². The lowest BCUT2D eigenvalue weighted by Crippen LogP contribution is -2.53. The number of benzene rings is 2. The molecule has 2 amide bonds. The molecule has 3 N–H and O–H groups in total. The zero-order chi connectivity index (χ0) is 24.6. The van der Waals surface area contributed by atoms with E-state index in [4.69, 9.17) is 4.98 Å². The molecule has 2 aromatic carbocycles. The first-order valence-electron chi connectivity index (χ1n) is 11.3. The van der Waals surface area contributed by atoms with E-state index in [1.165, 1.54) is 9.47 Å². The molecule has 3 atom stereocenters. The van der Waals surface area contributed by atoms with Crippen molar-refractivity contribution in [2.75, 3.05) is 4.90 Å². The molecule has 0 spiro atoms. The van der Waals surface area contributed by atoms with Crippen LogP contribution in [0.4, 0.5) is 5.69 Å². The third-order valence-corrected chi connectivity index (χ3v) is 7.03. The van der Waals surface area contributed by atoms with Crippen LogP contribution in [0.15, 0.2) is 71.2 Å². The number of carbonyl (C=O) groups is 2. The molecular weight excluding hydrogens is 446 g/mol. The molecule has 9 nitrogen and oxygen atoms in total. The largest absolute Gasteiger partial charge is 0.381 e. The van der Waals surface area contributed by atoms with E-state index in [2.05, 4.69) is 17.2 Å². The van der Waals surface area contributed by atoms with Crippen molar-refractivity contribution in [3.05, 3.63) is 88.1 Å². The molecule has 9 heteroatoms. The first-order valence-corrected chi connectivity index (χ1v) is 11.3. The van der Waals surface area contributed by atoms with Crippen LogP contribution < -0.4 is 21.1 Å². The number of nitrogens with zero attached hydrogens (tertiary/aromatic N) is 3. The monoisotopic (exact) mass is 469 g/mol. The highest BCUT2D eigenvalue weighted by atomic mass is 16.3. The molecule has 0 bridgehead atoms. The molecule has 0 aliphatic carbocycles. The number of nitrogens with one attached hydrogen (secondary N) is 2. The second kappa shape index (κ2) is 7.13. The molecule has 1 fully saturated rings. The van der Waals surface area contributed by atoms with Crippen molar-refractivity contribution >= 4 is 34.1 Å². The van der Waals surface area contributed by atoms with Gasteiger partial charge in [-0.05, 0) is 37.6 Å². The summed E-state index contributed by atoms with van der Waals surface area (Å²) in [6, 6.07) is 12.9. The number of anilines is 1. The highest BCUT2D eigenvalue weighted by Crippen LogP contribution is 2.49. The zero-order valence-electron chi connectivity index (χ0n) is 19.2. The number of aromatic nitrogens is 2. The SMILES string of the molecule is C=C1N[C@@H]2N(C1=O)c1ccccc1[C@@]2(O)C[C@@H]1C(=O)NC(=C(C)C)c2nc3ccccc3c(=O)n21. The Morgan fingerprint density at radius 1 is 1.11 bits per heavy atom. The van der Waals surface area contributed by atoms with Crippen LogP contribution in [0.3, 0.4) is 0 Å². The van der Waals surface area contributed by atoms with E-state index in [-0.39, 0.29) is 23.6 Å². The van der Waals surface area contributed by atoms with E-state index >= 15 is 0 Å². The predicted molar refractivity (Wildman–Crippen MR) is 130 cm³/mol. The number of amides is 2. The first kappa shape index (κ1) is 21.3. The van der Waals surface area contributed by atoms with Crippen molar-refractivity contribution in [3.63, 3.8) is 0 Å². The molecule has 1 saturated heterocycles. The Labute approximate surface area is 200 Å². The van der Waals surface area contributed by atoms with Crippen molar-refractivity contribution < 1.29 is 14.7 Å². The standard InChI is InChI=1S/C26H23N5O4/c1-13(2)20-21-28-17-10-6-4-8-15(17)24(34)30(21)19(22(32)29-20)12-26(35)16-9-5-7-11-18(16)31-23(33)14(3)27-25(26)31/h4-11,19,25,27,35H,3,12H2,1-2H3,(H,29,32)/t19-,25-,26+/m1/s1.